The molecule has 1 saturated heterocycles. The minimum Gasteiger partial charge on any atom is -0.490 e. The molecular weight excluding hydrogens is 374 g/mol. The summed E-state index contributed by atoms with van der Waals surface area (Å²) in [6.45, 7) is 6.02. The maximum atomic E-state index is 12.2. The number of hydrogen-bond acceptors (Lipinski definition) is 6. The molecule has 2 heterocycles. The van der Waals surface area contributed by atoms with Crippen LogP contribution < -0.4 is 10.5 Å². The van der Waals surface area contributed by atoms with E-state index in [0.717, 1.165) is 31.7 Å². The number of oxazole rings is 1. The van der Waals surface area contributed by atoms with Crippen LogP contribution in [0, 0.1) is 24.0 Å². The van der Waals surface area contributed by atoms with Crippen molar-refractivity contribution in [2.24, 2.45) is 0 Å². The van der Waals surface area contributed by atoms with Crippen LogP contribution in [-0.2, 0) is 6.67 Å². The molecule has 1 fully saturated rings. The quantitative estimate of drug-likeness (QED) is 0.482. The van der Waals surface area contributed by atoms with Crippen LogP contribution in [0.4, 0.5) is 5.69 Å². The first-order chi connectivity index (χ1) is 13.9. The summed E-state index contributed by atoms with van der Waals surface area (Å²) in [6.07, 6.45) is 1.82. The number of benzene rings is 2. The summed E-state index contributed by atoms with van der Waals surface area (Å²) < 4.78 is 12.8. The van der Waals surface area contributed by atoms with Crippen LogP contribution >= 0.6 is 0 Å². The fourth-order valence-corrected chi connectivity index (χ4v) is 3.65. The second-order valence-corrected chi connectivity index (χ2v) is 7.53. The molecule has 1 aromatic heterocycles. The molecule has 0 aliphatic carbocycles. The molecule has 0 saturated carbocycles. The van der Waals surface area contributed by atoms with Crippen molar-refractivity contribution in [3.05, 3.63) is 68.2 Å². The molecule has 8 nitrogen and oxygen atoms in total. The van der Waals surface area contributed by atoms with E-state index < -0.39 is 10.7 Å². The standard InChI is InChI=1S/C21H23N3O5/c1-14-3-5-18(11-15(14)2)28-17-7-9-22(10-8-17)13-23-19-12-16(24(26)27)4-6-20(19)29-21(23)25/h3-6,11-12,17H,7-10,13H2,1-2H3. The van der Waals surface area contributed by atoms with Gasteiger partial charge < -0.3 is 9.15 Å². The van der Waals surface area contributed by atoms with Crippen LogP contribution in [0.1, 0.15) is 24.0 Å². The molecule has 0 N–H and O–H groups in total. The zero-order valence-corrected chi connectivity index (χ0v) is 16.5. The van der Waals surface area contributed by atoms with Crippen molar-refractivity contribution in [3.63, 3.8) is 0 Å². The molecule has 8 heteroatoms. The lowest BCUT2D eigenvalue weighted by Crippen LogP contribution is -2.40. The molecule has 0 spiro atoms. The molecule has 0 unspecified atom stereocenters. The van der Waals surface area contributed by atoms with E-state index >= 15 is 0 Å². The number of nitro benzene ring substituents is 1. The number of fused-ring (bicyclic) bond motifs is 1. The predicted molar refractivity (Wildman–Crippen MR) is 108 cm³/mol. The second-order valence-electron chi connectivity index (χ2n) is 7.53. The minimum atomic E-state index is -0.506. The van der Waals surface area contributed by atoms with Gasteiger partial charge in [0.15, 0.2) is 5.58 Å². The van der Waals surface area contributed by atoms with Crippen molar-refractivity contribution in [3.8, 4) is 5.75 Å². The van der Waals surface area contributed by atoms with Gasteiger partial charge in [-0.3, -0.25) is 19.6 Å². The van der Waals surface area contributed by atoms with E-state index in [4.69, 9.17) is 9.15 Å². The average Bonchev–Trinajstić information content (AvgIpc) is 3.01. The van der Waals surface area contributed by atoms with Crippen LogP contribution in [0.25, 0.3) is 11.1 Å². The topological polar surface area (TPSA) is 90.8 Å². The van der Waals surface area contributed by atoms with Gasteiger partial charge >= 0.3 is 5.76 Å². The number of rotatable bonds is 5. The van der Waals surface area contributed by atoms with Gasteiger partial charge in [0.2, 0.25) is 0 Å². The lowest BCUT2D eigenvalue weighted by atomic mass is 10.1. The second kappa shape index (κ2) is 7.71. The Morgan fingerprint density at radius 2 is 1.90 bits per heavy atom. The lowest BCUT2D eigenvalue weighted by Gasteiger charge is -2.32. The molecule has 0 amide bonds. The summed E-state index contributed by atoms with van der Waals surface area (Å²) in [7, 11) is 0. The normalized spacial score (nSPS) is 15.7. The highest BCUT2D eigenvalue weighted by Gasteiger charge is 2.23. The highest BCUT2D eigenvalue weighted by molar-refractivity contribution is 5.75. The van der Waals surface area contributed by atoms with Crippen LogP contribution in [0.15, 0.2) is 45.6 Å². The Bertz CT molecular complexity index is 1110. The molecule has 0 atom stereocenters. The van der Waals surface area contributed by atoms with E-state index in [1.165, 1.54) is 33.9 Å². The van der Waals surface area contributed by atoms with E-state index in [0.29, 0.717) is 17.8 Å². The molecule has 4 rings (SSSR count). The third kappa shape index (κ3) is 4.02. The molecular formula is C21H23N3O5. The molecule has 2 aromatic carbocycles. The lowest BCUT2D eigenvalue weighted by molar-refractivity contribution is -0.384. The first-order valence-corrected chi connectivity index (χ1v) is 9.65. The van der Waals surface area contributed by atoms with Crippen LogP contribution in [0.3, 0.4) is 0 Å². The number of non-ortho nitro benzene ring substituents is 1. The number of ether oxygens (including phenoxy) is 1. The Morgan fingerprint density at radius 1 is 1.14 bits per heavy atom. The van der Waals surface area contributed by atoms with Crippen molar-refractivity contribution in [1.82, 2.24) is 9.47 Å². The van der Waals surface area contributed by atoms with Gasteiger partial charge in [0.1, 0.15) is 11.9 Å². The van der Waals surface area contributed by atoms with E-state index in [1.54, 1.807) is 0 Å². The van der Waals surface area contributed by atoms with Gasteiger partial charge in [-0.05, 0) is 56.0 Å². The number of hydrogen-bond donors (Lipinski definition) is 0. The fourth-order valence-electron chi connectivity index (χ4n) is 3.65. The van der Waals surface area contributed by atoms with Gasteiger partial charge in [-0.2, -0.15) is 0 Å². The van der Waals surface area contributed by atoms with Crippen LogP contribution in [0.2, 0.25) is 0 Å². The number of nitrogens with zero attached hydrogens (tertiary/aromatic N) is 3. The smallest absolute Gasteiger partial charge is 0.421 e. The van der Waals surface area contributed by atoms with Crippen molar-refractivity contribution >= 4 is 16.8 Å². The Balaban J connectivity index is 1.42. The molecule has 1 aliphatic rings. The summed E-state index contributed by atoms with van der Waals surface area (Å²) in [5.41, 5.74) is 3.18. The Kier molecular flexibility index (Phi) is 5.10. The summed E-state index contributed by atoms with van der Waals surface area (Å²) in [5.74, 6) is 0.380. The Labute approximate surface area is 167 Å². The van der Waals surface area contributed by atoms with Gasteiger partial charge in [-0.15, -0.1) is 0 Å². The third-order valence-corrected chi connectivity index (χ3v) is 5.52. The van der Waals surface area contributed by atoms with E-state index in [-0.39, 0.29) is 11.8 Å². The van der Waals surface area contributed by atoms with Gasteiger partial charge in [-0.25, -0.2) is 4.79 Å². The highest BCUT2D eigenvalue weighted by atomic mass is 16.6. The zero-order chi connectivity index (χ0) is 20.5. The Morgan fingerprint density at radius 3 is 2.59 bits per heavy atom. The summed E-state index contributed by atoms with van der Waals surface area (Å²) >= 11 is 0. The van der Waals surface area contributed by atoms with Gasteiger partial charge in [0.05, 0.1) is 17.1 Å². The number of nitro groups is 1. The van der Waals surface area contributed by atoms with Crippen molar-refractivity contribution in [1.29, 1.82) is 0 Å². The van der Waals surface area contributed by atoms with Gasteiger partial charge in [-0.1, -0.05) is 6.07 Å². The highest BCUT2D eigenvalue weighted by Crippen LogP contribution is 2.23. The SMILES string of the molecule is Cc1ccc(OC2CCN(Cn3c(=O)oc4ccc([N+](=O)[O-])cc43)CC2)cc1C. The number of likely N-dealkylation sites (tertiary alicyclic amines) is 1. The maximum absolute atomic E-state index is 12.2. The molecule has 0 radical (unpaired) electrons. The van der Waals surface area contributed by atoms with Crippen molar-refractivity contribution in [2.45, 2.75) is 39.5 Å². The van der Waals surface area contributed by atoms with Gasteiger partial charge in [0.25, 0.3) is 5.69 Å². The van der Waals surface area contributed by atoms with E-state index in [2.05, 4.69) is 30.9 Å². The maximum Gasteiger partial charge on any atom is 0.421 e. The van der Waals surface area contributed by atoms with Crippen LogP contribution in [-0.4, -0.2) is 33.6 Å². The van der Waals surface area contributed by atoms with Crippen molar-refractivity contribution < 1.29 is 14.1 Å². The Hall–Kier alpha value is -3.13. The monoisotopic (exact) mass is 397 g/mol. The molecule has 29 heavy (non-hydrogen) atoms. The summed E-state index contributed by atoms with van der Waals surface area (Å²) in [5, 5.41) is 11.0. The first kappa shape index (κ1) is 19.2. The van der Waals surface area contributed by atoms with Crippen LogP contribution in [0.5, 0.6) is 5.75 Å². The van der Waals surface area contributed by atoms with Gasteiger partial charge in [0, 0.05) is 25.2 Å². The zero-order valence-electron chi connectivity index (χ0n) is 16.5. The minimum absolute atomic E-state index is 0.0625. The molecule has 152 valence electrons. The fraction of sp³-hybridized carbons (Fsp3) is 0.381. The summed E-state index contributed by atoms with van der Waals surface area (Å²) in [6, 6.07) is 10.3. The van der Waals surface area contributed by atoms with E-state index in [9.17, 15) is 14.9 Å². The molecule has 0 bridgehead atoms. The number of aromatic nitrogens is 1. The average molecular weight is 397 g/mol. The predicted octanol–water partition coefficient (Wildman–Crippen LogP) is 3.62. The van der Waals surface area contributed by atoms with Crippen molar-refractivity contribution in [2.75, 3.05) is 13.1 Å². The number of piperidine rings is 1. The van der Waals surface area contributed by atoms with E-state index in [1.807, 2.05) is 6.07 Å². The summed E-state index contributed by atoms with van der Waals surface area (Å²) in [4.78, 5) is 24.9. The first-order valence-electron chi connectivity index (χ1n) is 9.65. The largest absolute Gasteiger partial charge is 0.490 e. The third-order valence-electron chi connectivity index (χ3n) is 5.52. The molecule has 1 aliphatic heterocycles. The number of aryl methyl sites for hydroxylation is 2. The molecule has 3 aromatic rings.